The van der Waals surface area contributed by atoms with E-state index in [0.717, 1.165) is 23.9 Å². The number of alkyl halides is 3. The van der Waals surface area contributed by atoms with E-state index in [1.807, 2.05) is 0 Å². The van der Waals surface area contributed by atoms with Crippen molar-refractivity contribution < 1.29 is 13.2 Å². The molecule has 0 amide bonds. The van der Waals surface area contributed by atoms with Crippen LogP contribution in [0.5, 0.6) is 0 Å². The fraction of sp³-hybridized carbons (Fsp3) is 0.700. The average Bonchev–Trinajstić information content (AvgIpc) is 2.12. The van der Waals surface area contributed by atoms with Crippen molar-refractivity contribution >= 4 is 6.72 Å². The van der Waals surface area contributed by atoms with Crippen LogP contribution < -0.4 is 5.73 Å². The van der Waals surface area contributed by atoms with Gasteiger partial charge in [0.05, 0.1) is 0 Å². The molecule has 0 saturated heterocycles. The van der Waals surface area contributed by atoms with Crippen LogP contribution in [0.4, 0.5) is 13.2 Å². The molecule has 0 aromatic rings. The largest absolute Gasteiger partial charge is 0.432 e. The lowest BCUT2D eigenvalue weighted by atomic mass is 9.81. The van der Waals surface area contributed by atoms with Gasteiger partial charge in [0.1, 0.15) is 5.70 Å². The zero-order valence-electron chi connectivity index (χ0n) is 9.17. The molecule has 1 fully saturated rings. The van der Waals surface area contributed by atoms with Gasteiger partial charge in [0, 0.05) is 19.3 Å². The summed E-state index contributed by atoms with van der Waals surface area (Å²) in [4.78, 5) is 0. The molecule has 0 aromatic heterocycles. The molecule has 0 unspecified atom stereocenters. The van der Waals surface area contributed by atoms with Crippen molar-refractivity contribution in [3.8, 4) is 0 Å². The Morgan fingerprint density at radius 3 is 2.44 bits per heavy atom. The molecular weight excluding hydrogens is 219 g/mol. The normalized spacial score (nSPS) is 26.2. The maximum atomic E-state index is 12.6. The average molecular weight is 235 g/mol. The van der Waals surface area contributed by atoms with E-state index in [0.29, 0.717) is 0 Å². The lowest BCUT2D eigenvalue weighted by Crippen LogP contribution is -2.42. The Balaban J connectivity index is 2.62. The molecule has 1 aliphatic carbocycles. The molecule has 6 heteroatoms. The number of nitrogens with two attached hydrogens (primary N) is 1. The minimum Gasteiger partial charge on any atom is -0.328 e. The highest BCUT2D eigenvalue weighted by atomic mass is 19.4. The van der Waals surface area contributed by atoms with E-state index in [1.54, 1.807) is 0 Å². The standard InChI is InChI=1S/C10H16F3N3/c1-3-9(10(11,12)13)16(15-2)6-7-4-8(14)5-7/h3,7-8H,2,4-6,14H2,1H3/b9-3-/t7-,8+. The van der Waals surface area contributed by atoms with Crippen molar-refractivity contribution in [3.05, 3.63) is 11.8 Å². The van der Waals surface area contributed by atoms with Crippen LogP contribution in [0.3, 0.4) is 0 Å². The van der Waals surface area contributed by atoms with Gasteiger partial charge in [-0.1, -0.05) is 6.08 Å². The quantitative estimate of drug-likeness (QED) is 0.599. The minimum absolute atomic E-state index is 0.122. The van der Waals surface area contributed by atoms with E-state index in [2.05, 4.69) is 11.8 Å². The predicted octanol–water partition coefficient (Wildman–Crippen LogP) is 2.11. The van der Waals surface area contributed by atoms with Crippen LogP contribution in [0, 0.1) is 5.92 Å². The summed E-state index contributed by atoms with van der Waals surface area (Å²) in [5.74, 6) is 0.179. The molecule has 16 heavy (non-hydrogen) atoms. The minimum atomic E-state index is -4.39. The number of rotatable bonds is 4. The van der Waals surface area contributed by atoms with Gasteiger partial charge in [0.25, 0.3) is 0 Å². The number of halogens is 3. The number of nitrogens with zero attached hydrogens (tertiary/aromatic N) is 2. The maximum Gasteiger partial charge on any atom is 0.432 e. The molecule has 0 aliphatic heterocycles. The van der Waals surface area contributed by atoms with Gasteiger partial charge in [-0.2, -0.15) is 18.3 Å². The third-order valence-electron chi connectivity index (χ3n) is 2.72. The van der Waals surface area contributed by atoms with Gasteiger partial charge in [0.2, 0.25) is 0 Å². The van der Waals surface area contributed by atoms with Crippen LogP contribution in [-0.4, -0.2) is 30.5 Å². The second-order valence-electron chi connectivity index (χ2n) is 3.99. The Morgan fingerprint density at radius 2 is 2.12 bits per heavy atom. The predicted molar refractivity (Wildman–Crippen MR) is 56.8 cm³/mol. The van der Waals surface area contributed by atoms with Crippen molar-refractivity contribution in [2.75, 3.05) is 6.54 Å². The number of hydrogen-bond acceptors (Lipinski definition) is 3. The van der Waals surface area contributed by atoms with Gasteiger partial charge in [-0.15, -0.1) is 0 Å². The van der Waals surface area contributed by atoms with Crippen molar-refractivity contribution in [2.24, 2.45) is 16.8 Å². The van der Waals surface area contributed by atoms with Crippen molar-refractivity contribution in [3.63, 3.8) is 0 Å². The highest BCUT2D eigenvalue weighted by Gasteiger charge is 2.39. The van der Waals surface area contributed by atoms with Crippen LogP contribution in [0.25, 0.3) is 0 Å². The molecule has 3 nitrogen and oxygen atoms in total. The van der Waals surface area contributed by atoms with Crippen LogP contribution in [0.15, 0.2) is 16.9 Å². The summed E-state index contributed by atoms with van der Waals surface area (Å²) in [6.45, 7) is 4.75. The van der Waals surface area contributed by atoms with Crippen molar-refractivity contribution in [1.29, 1.82) is 0 Å². The smallest absolute Gasteiger partial charge is 0.328 e. The number of hydrogen-bond donors (Lipinski definition) is 1. The zero-order valence-corrected chi connectivity index (χ0v) is 9.17. The summed E-state index contributed by atoms with van der Waals surface area (Å²) in [6.07, 6.45) is -1.88. The highest BCUT2D eigenvalue weighted by Crippen LogP contribution is 2.32. The van der Waals surface area contributed by atoms with Crippen LogP contribution in [-0.2, 0) is 0 Å². The first-order chi connectivity index (χ1) is 7.38. The summed E-state index contributed by atoms with van der Waals surface area (Å²) in [7, 11) is 0. The molecular formula is C10H16F3N3. The SMILES string of the molecule is C=NN(C[C@H]1C[C@@H](N)C1)/C(=C\C)C(F)(F)F. The van der Waals surface area contributed by atoms with Gasteiger partial charge < -0.3 is 5.73 Å². The van der Waals surface area contributed by atoms with Crippen molar-refractivity contribution in [1.82, 2.24) is 5.01 Å². The molecule has 0 spiro atoms. The molecule has 0 bridgehead atoms. The van der Waals surface area contributed by atoms with Crippen molar-refractivity contribution in [2.45, 2.75) is 32.0 Å². The lowest BCUT2D eigenvalue weighted by molar-refractivity contribution is -0.113. The van der Waals surface area contributed by atoms with E-state index in [9.17, 15) is 13.2 Å². The summed E-state index contributed by atoms with van der Waals surface area (Å²) in [5.41, 5.74) is 4.82. The lowest BCUT2D eigenvalue weighted by Gasteiger charge is -2.36. The fourth-order valence-corrected chi connectivity index (χ4v) is 1.87. The third-order valence-corrected chi connectivity index (χ3v) is 2.72. The van der Waals surface area contributed by atoms with E-state index in [4.69, 9.17) is 5.73 Å². The Hall–Kier alpha value is -1.04. The maximum absolute atomic E-state index is 12.6. The Morgan fingerprint density at radius 1 is 1.56 bits per heavy atom. The van der Waals surface area contributed by atoms with Crippen LogP contribution in [0.1, 0.15) is 19.8 Å². The fourth-order valence-electron chi connectivity index (χ4n) is 1.87. The van der Waals surface area contributed by atoms with E-state index < -0.39 is 11.9 Å². The molecule has 0 heterocycles. The molecule has 1 aliphatic rings. The van der Waals surface area contributed by atoms with E-state index in [-0.39, 0.29) is 18.5 Å². The third kappa shape index (κ3) is 2.98. The van der Waals surface area contributed by atoms with Gasteiger partial charge in [-0.05, 0) is 25.7 Å². The van der Waals surface area contributed by atoms with Gasteiger partial charge >= 0.3 is 6.18 Å². The molecule has 1 saturated carbocycles. The van der Waals surface area contributed by atoms with Gasteiger partial charge in [-0.25, -0.2) is 0 Å². The van der Waals surface area contributed by atoms with E-state index in [1.165, 1.54) is 6.92 Å². The topological polar surface area (TPSA) is 41.6 Å². The monoisotopic (exact) mass is 235 g/mol. The molecule has 0 radical (unpaired) electrons. The molecule has 92 valence electrons. The van der Waals surface area contributed by atoms with Crippen LogP contribution >= 0.6 is 0 Å². The second-order valence-corrected chi connectivity index (χ2v) is 3.99. The van der Waals surface area contributed by atoms with Gasteiger partial charge in [0.15, 0.2) is 0 Å². The van der Waals surface area contributed by atoms with E-state index >= 15 is 0 Å². The molecule has 0 atom stereocenters. The Bertz CT molecular complexity index is 280. The Kier molecular flexibility index (Phi) is 3.96. The first kappa shape index (κ1) is 13.0. The first-order valence-electron chi connectivity index (χ1n) is 5.11. The molecule has 1 rings (SSSR count). The first-order valence-corrected chi connectivity index (χ1v) is 5.11. The molecule has 0 aromatic carbocycles. The summed E-state index contributed by atoms with van der Waals surface area (Å²) < 4.78 is 37.8. The van der Waals surface area contributed by atoms with Crippen LogP contribution in [0.2, 0.25) is 0 Å². The number of allylic oxidation sites excluding steroid dienone is 2. The van der Waals surface area contributed by atoms with Gasteiger partial charge in [-0.3, -0.25) is 5.01 Å². The Labute approximate surface area is 92.8 Å². The summed E-state index contributed by atoms with van der Waals surface area (Å²) in [5, 5.41) is 4.34. The highest BCUT2D eigenvalue weighted by molar-refractivity contribution is 5.24. The summed E-state index contributed by atoms with van der Waals surface area (Å²) >= 11 is 0. The zero-order chi connectivity index (χ0) is 12.3. The molecule has 2 N–H and O–H groups in total. The second kappa shape index (κ2) is 4.86. The number of hydrazone groups is 1. The summed E-state index contributed by atoms with van der Waals surface area (Å²) in [6, 6.07) is 0.122.